The second-order valence-electron chi connectivity index (χ2n) is 5.00. The first-order valence-corrected chi connectivity index (χ1v) is 6.50. The van der Waals surface area contributed by atoms with Crippen LogP contribution in [0.2, 0.25) is 0 Å². The second-order valence-corrected chi connectivity index (χ2v) is 5.00. The molecule has 2 fully saturated rings. The van der Waals surface area contributed by atoms with E-state index < -0.39 is 0 Å². The standard InChI is InChI=1S/C12H23N3O/c1-13-11(15-10-4-2-3-5-10)8-9-6-7-14-12(9)16/h9-11,13,15H,2-8H2,1H3,(H,14,16). The topological polar surface area (TPSA) is 53.2 Å². The molecule has 0 bridgehead atoms. The Hall–Kier alpha value is -0.610. The molecule has 16 heavy (non-hydrogen) atoms. The molecule has 0 aromatic rings. The molecule has 0 aromatic heterocycles. The Morgan fingerprint density at radius 2 is 2.12 bits per heavy atom. The highest BCUT2D eigenvalue weighted by molar-refractivity contribution is 5.80. The van der Waals surface area contributed by atoms with Crippen LogP contribution in [0, 0.1) is 5.92 Å². The first-order valence-electron chi connectivity index (χ1n) is 6.50. The molecule has 0 aromatic carbocycles. The van der Waals surface area contributed by atoms with Gasteiger partial charge in [-0.05, 0) is 32.7 Å². The van der Waals surface area contributed by atoms with Crippen molar-refractivity contribution in [2.45, 2.75) is 50.7 Å². The predicted octanol–water partition coefficient (Wildman–Crippen LogP) is 0.590. The third kappa shape index (κ3) is 2.95. The molecule has 2 unspecified atom stereocenters. The molecule has 1 aliphatic heterocycles. The summed E-state index contributed by atoms with van der Waals surface area (Å²) in [5.74, 6) is 0.430. The zero-order valence-corrected chi connectivity index (χ0v) is 10.1. The maximum atomic E-state index is 11.5. The molecule has 4 heteroatoms. The van der Waals surface area contributed by atoms with Crippen LogP contribution in [0.4, 0.5) is 0 Å². The molecule has 1 saturated heterocycles. The number of nitrogens with one attached hydrogen (secondary N) is 3. The van der Waals surface area contributed by atoms with Crippen molar-refractivity contribution in [1.29, 1.82) is 0 Å². The highest BCUT2D eigenvalue weighted by Gasteiger charge is 2.28. The normalized spacial score (nSPS) is 28.3. The van der Waals surface area contributed by atoms with Gasteiger partial charge in [0.1, 0.15) is 0 Å². The maximum absolute atomic E-state index is 11.5. The van der Waals surface area contributed by atoms with Gasteiger partial charge in [0.15, 0.2) is 0 Å². The quantitative estimate of drug-likeness (QED) is 0.600. The SMILES string of the molecule is CNC(CC1CCNC1=O)NC1CCCC1. The van der Waals surface area contributed by atoms with Crippen LogP contribution in [-0.2, 0) is 4.79 Å². The van der Waals surface area contributed by atoms with Crippen LogP contribution in [0.5, 0.6) is 0 Å². The van der Waals surface area contributed by atoms with Gasteiger partial charge in [-0.25, -0.2) is 0 Å². The van der Waals surface area contributed by atoms with Crippen LogP contribution < -0.4 is 16.0 Å². The Morgan fingerprint density at radius 3 is 2.69 bits per heavy atom. The maximum Gasteiger partial charge on any atom is 0.223 e. The highest BCUT2D eigenvalue weighted by Crippen LogP contribution is 2.20. The van der Waals surface area contributed by atoms with Crippen molar-refractivity contribution in [3.8, 4) is 0 Å². The van der Waals surface area contributed by atoms with Gasteiger partial charge in [0.2, 0.25) is 5.91 Å². The Bertz CT molecular complexity index is 238. The number of carbonyl (C=O) groups is 1. The molecule has 4 nitrogen and oxygen atoms in total. The molecular weight excluding hydrogens is 202 g/mol. The lowest BCUT2D eigenvalue weighted by molar-refractivity contribution is -0.122. The largest absolute Gasteiger partial charge is 0.356 e. The van der Waals surface area contributed by atoms with Crippen LogP contribution in [0.25, 0.3) is 0 Å². The molecule has 0 radical (unpaired) electrons. The lowest BCUT2D eigenvalue weighted by atomic mass is 10.0. The Labute approximate surface area is 97.6 Å². The Balaban J connectivity index is 1.77. The Kier molecular flexibility index (Phi) is 4.18. The minimum absolute atomic E-state index is 0.200. The summed E-state index contributed by atoms with van der Waals surface area (Å²) in [6.45, 7) is 0.851. The fourth-order valence-corrected chi connectivity index (χ4v) is 2.80. The van der Waals surface area contributed by atoms with Crippen molar-refractivity contribution in [2.75, 3.05) is 13.6 Å². The summed E-state index contributed by atoms with van der Waals surface area (Å²) in [4.78, 5) is 11.5. The van der Waals surface area contributed by atoms with Gasteiger partial charge in [0.25, 0.3) is 0 Å². The number of rotatable bonds is 5. The molecule has 1 aliphatic carbocycles. The van der Waals surface area contributed by atoms with Gasteiger partial charge >= 0.3 is 0 Å². The second kappa shape index (κ2) is 5.64. The molecule has 2 aliphatic rings. The van der Waals surface area contributed by atoms with Crippen molar-refractivity contribution in [2.24, 2.45) is 5.92 Å². The van der Waals surface area contributed by atoms with E-state index in [1.807, 2.05) is 7.05 Å². The summed E-state index contributed by atoms with van der Waals surface area (Å²) in [7, 11) is 1.97. The summed E-state index contributed by atoms with van der Waals surface area (Å²) in [6, 6.07) is 0.655. The lowest BCUT2D eigenvalue weighted by Crippen LogP contribution is -2.46. The molecule has 1 heterocycles. The molecule has 92 valence electrons. The molecule has 2 atom stereocenters. The molecular formula is C12H23N3O. The van der Waals surface area contributed by atoms with E-state index in [1.165, 1.54) is 25.7 Å². The van der Waals surface area contributed by atoms with E-state index in [0.29, 0.717) is 6.04 Å². The minimum Gasteiger partial charge on any atom is -0.356 e. The van der Waals surface area contributed by atoms with E-state index in [-0.39, 0.29) is 18.0 Å². The van der Waals surface area contributed by atoms with E-state index in [0.717, 1.165) is 19.4 Å². The van der Waals surface area contributed by atoms with Crippen LogP contribution >= 0.6 is 0 Å². The summed E-state index contributed by atoms with van der Waals surface area (Å²) >= 11 is 0. The average Bonchev–Trinajstić information content (AvgIpc) is 2.90. The predicted molar refractivity (Wildman–Crippen MR) is 64.0 cm³/mol. The van der Waals surface area contributed by atoms with Gasteiger partial charge < -0.3 is 10.6 Å². The van der Waals surface area contributed by atoms with Crippen molar-refractivity contribution in [1.82, 2.24) is 16.0 Å². The summed E-state index contributed by atoms with van der Waals surface area (Å²) in [5.41, 5.74) is 0. The monoisotopic (exact) mass is 225 g/mol. The van der Waals surface area contributed by atoms with Gasteiger partial charge in [0.05, 0.1) is 6.17 Å². The molecule has 2 rings (SSSR count). The smallest absolute Gasteiger partial charge is 0.223 e. The minimum atomic E-state index is 0.200. The Morgan fingerprint density at radius 1 is 1.38 bits per heavy atom. The lowest BCUT2D eigenvalue weighted by Gasteiger charge is -2.24. The third-order valence-corrected chi connectivity index (χ3v) is 3.82. The van der Waals surface area contributed by atoms with E-state index in [1.54, 1.807) is 0 Å². The van der Waals surface area contributed by atoms with Crippen LogP contribution in [0.1, 0.15) is 38.5 Å². The summed E-state index contributed by atoms with van der Waals surface area (Å²) < 4.78 is 0. The van der Waals surface area contributed by atoms with Gasteiger partial charge in [-0.3, -0.25) is 10.1 Å². The van der Waals surface area contributed by atoms with Crippen molar-refractivity contribution < 1.29 is 4.79 Å². The fraction of sp³-hybridized carbons (Fsp3) is 0.917. The third-order valence-electron chi connectivity index (χ3n) is 3.82. The number of hydrogen-bond acceptors (Lipinski definition) is 3. The van der Waals surface area contributed by atoms with E-state index in [2.05, 4.69) is 16.0 Å². The highest BCUT2D eigenvalue weighted by atomic mass is 16.2. The first kappa shape index (κ1) is 11.9. The van der Waals surface area contributed by atoms with Crippen molar-refractivity contribution >= 4 is 5.91 Å². The van der Waals surface area contributed by atoms with Crippen molar-refractivity contribution in [3.05, 3.63) is 0 Å². The molecule has 0 spiro atoms. The van der Waals surface area contributed by atoms with Gasteiger partial charge in [-0.2, -0.15) is 0 Å². The van der Waals surface area contributed by atoms with Crippen molar-refractivity contribution in [3.63, 3.8) is 0 Å². The van der Waals surface area contributed by atoms with E-state index >= 15 is 0 Å². The number of hydrogen-bond donors (Lipinski definition) is 3. The molecule has 3 N–H and O–H groups in total. The molecule has 1 saturated carbocycles. The van der Waals surface area contributed by atoms with Crippen LogP contribution in [0.3, 0.4) is 0 Å². The first-order chi connectivity index (χ1) is 7.79. The summed E-state index contributed by atoms with van der Waals surface area (Å²) in [5, 5.41) is 9.81. The van der Waals surface area contributed by atoms with Gasteiger partial charge in [0, 0.05) is 18.5 Å². The fourth-order valence-electron chi connectivity index (χ4n) is 2.80. The van der Waals surface area contributed by atoms with Gasteiger partial charge in [-0.1, -0.05) is 12.8 Å². The zero-order valence-electron chi connectivity index (χ0n) is 10.1. The van der Waals surface area contributed by atoms with Crippen LogP contribution in [0.15, 0.2) is 0 Å². The zero-order chi connectivity index (χ0) is 11.4. The van der Waals surface area contributed by atoms with Crippen LogP contribution in [-0.4, -0.2) is 31.7 Å². The number of carbonyl (C=O) groups excluding carboxylic acids is 1. The molecule has 1 amide bonds. The average molecular weight is 225 g/mol. The summed E-state index contributed by atoms with van der Waals surface area (Å²) in [6.07, 6.45) is 7.46. The van der Waals surface area contributed by atoms with Gasteiger partial charge in [-0.15, -0.1) is 0 Å². The van der Waals surface area contributed by atoms with E-state index in [9.17, 15) is 4.79 Å². The number of amides is 1. The van der Waals surface area contributed by atoms with E-state index in [4.69, 9.17) is 0 Å².